The van der Waals surface area contributed by atoms with Gasteiger partial charge in [0, 0.05) is 63.5 Å². The molecule has 3 fully saturated rings. The Morgan fingerprint density at radius 2 is 1.83 bits per heavy atom. The molecule has 0 saturated carbocycles. The lowest BCUT2D eigenvalue weighted by molar-refractivity contribution is -0.135. The third-order valence-electron chi connectivity index (χ3n) is 7.55. The van der Waals surface area contributed by atoms with Gasteiger partial charge in [0.2, 0.25) is 5.91 Å². The van der Waals surface area contributed by atoms with Gasteiger partial charge < -0.3 is 25.3 Å². The Bertz CT molecular complexity index is 987. The summed E-state index contributed by atoms with van der Waals surface area (Å²) in [5.74, 6) is 4.17. The van der Waals surface area contributed by atoms with Gasteiger partial charge in [0.25, 0.3) is 0 Å². The number of anilines is 3. The molecule has 1 amide bonds. The van der Waals surface area contributed by atoms with Crippen LogP contribution in [-0.2, 0) is 11.2 Å². The number of likely N-dealkylation sites (tertiary alicyclic amines) is 1. The van der Waals surface area contributed by atoms with Crippen molar-refractivity contribution in [2.75, 3.05) is 63.1 Å². The molecule has 10 heteroatoms. The monoisotopic (exact) mass is 481 g/mol. The van der Waals surface area contributed by atoms with E-state index < -0.39 is 0 Å². The molecule has 35 heavy (non-hydrogen) atoms. The fraction of sp³-hybridized carbons (Fsp3) is 0.680. The van der Waals surface area contributed by atoms with Crippen molar-refractivity contribution < 1.29 is 4.79 Å². The van der Waals surface area contributed by atoms with Crippen molar-refractivity contribution in [3.05, 3.63) is 23.7 Å². The second kappa shape index (κ2) is 10.9. The largest absolute Gasteiger partial charge is 0.354 e. The van der Waals surface area contributed by atoms with E-state index in [9.17, 15) is 4.79 Å². The smallest absolute Gasteiger partial charge is 0.239 e. The summed E-state index contributed by atoms with van der Waals surface area (Å²) in [7, 11) is 2.16. The van der Waals surface area contributed by atoms with E-state index in [1.54, 1.807) is 0 Å². The van der Waals surface area contributed by atoms with Crippen LogP contribution in [0.1, 0.15) is 43.6 Å². The Labute approximate surface area is 207 Å². The van der Waals surface area contributed by atoms with Crippen molar-refractivity contribution in [1.82, 2.24) is 35.3 Å². The quantitative estimate of drug-likeness (QED) is 0.575. The zero-order valence-corrected chi connectivity index (χ0v) is 21.1. The summed E-state index contributed by atoms with van der Waals surface area (Å²) in [6.45, 7) is 8.59. The number of aromatic nitrogens is 4. The van der Waals surface area contributed by atoms with Crippen LogP contribution in [0.2, 0.25) is 0 Å². The number of nitrogens with zero attached hydrogens (tertiary/aromatic N) is 6. The number of piperazine rings is 1. The van der Waals surface area contributed by atoms with Crippen LogP contribution in [0.4, 0.5) is 17.5 Å². The Balaban J connectivity index is 1.25. The maximum absolute atomic E-state index is 12.9. The highest BCUT2D eigenvalue weighted by Gasteiger charge is 2.29. The molecule has 0 aromatic carbocycles. The van der Waals surface area contributed by atoms with Gasteiger partial charge in [0.15, 0.2) is 5.82 Å². The van der Waals surface area contributed by atoms with E-state index in [0.717, 1.165) is 107 Å². The van der Waals surface area contributed by atoms with E-state index in [1.807, 2.05) is 19.1 Å². The highest BCUT2D eigenvalue weighted by Crippen LogP contribution is 2.25. The number of piperidine rings is 2. The Kier molecular flexibility index (Phi) is 7.48. The summed E-state index contributed by atoms with van der Waals surface area (Å²) in [4.78, 5) is 29.5. The molecule has 2 aromatic heterocycles. The van der Waals surface area contributed by atoms with Gasteiger partial charge in [-0.2, -0.15) is 5.10 Å². The summed E-state index contributed by atoms with van der Waals surface area (Å²) < 4.78 is 0. The second-order valence-electron chi connectivity index (χ2n) is 10.4. The fourth-order valence-corrected chi connectivity index (χ4v) is 5.35. The molecule has 0 bridgehead atoms. The second-order valence-corrected chi connectivity index (χ2v) is 10.4. The number of likely N-dealkylation sites (N-methyl/N-ethyl adjacent to an activating group) is 1. The third kappa shape index (κ3) is 6.10. The number of carbonyl (C=O) groups excluding carboxylic acids is 1. The first-order valence-corrected chi connectivity index (χ1v) is 13.2. The molecule has 190 valence electrons. The molecule has 3 aliphatic rings. The molecular formula is C25H39N9O. The van der Waals surface area contributed by atoms with Crippen LogP contribution in [0.3, 0.4) is 0 Å². The molecule has 0 unspecified atom stereocenters. The topological polar surface area (TPSA) is 105 Å². The van der Waals surface area contributed by atoms with Crippen molar-refractivity contribution >= 4 is 23.4 Å². The predicted octanol–water partition coefficient (Wildman–Crippen LogP) is 1.93. The van der Waals surface area contributed by atoms with Gasteiger partial charge in [0.1, 0.15) is 17.5 Å². The highest BCUT2D eigenvalue weighted by molar-refractivity contribution is 5.82. The van der Waals surface area contributed by atoms with Gasteiger partial charge in [-0.15, -0.1) is 0 Å². The first-order valence-electron chi connectivity index (χ1n) is 13.2. The van der Waals surface area contributed by atoms with Gasteiger partial charge in [-0.3, -0.25) is 9.89 Å². The van der Waals surface area contributed by atoms with Crippen LogP contribution < -0.4 is 15.5 Å². The van der Waals surface area contributed by atoms with Crippen molar-refractivity contribution in [2.45, 2.75) is 51.5 Å². The van der Waals surface area contributed by atoms with Gasteiger partial charge in [-0.25, -0.2) is 9.97 Å². The lowest BCUT2D eigenvalue weighted by Crippen LogP contribution is -2.50. The number of carbonyl (C=O) groups is 1. The highest BCUT2D eigenvalue weighted by atomic mass is 16.2. The number of hydrogen-bond acceptors (Lipinski definition) is 8. The molecule has 5 heterocycles. The lowest BCUT2D eigenvalue weighted by atomic mass is 9.92. The minimum absolute atomic E-state index is 0.0169. The zero-order valence-electron chi connectivity index (χ0n) is 21.1. The normalized spacial score (nSPS) is 22.4. The molecule has 3 aliphatic heterocycles. The summed E-state index contributed by atoms with van der Waals surface area (Å²) in [5.41, 5.74) is 1.01. The van der Waals surface area contributed by atoms with E-state index in [4.69, 9.17) is 9.97 Å². The average Bonchev–Trinajstić information content (AvgIpc) is 3.29. The van der Waals surface area contributed by atoms with E-state index in [0.29, 0.717) is 5.92 Å². The average molecular weight is 482 g/mol. The van der Waals surface area contributed by atoms with E-state index in [2.05, 4.69) is 42.6 Å². The van der Waals surface area contributed by atoms with Gasteiger partial charge in [0.05, 0.1) is 6.04 Å². The number of nitrogens with one attached hydrogen (secondary N) is 3. The zero-order chi connectivity index (χ0) is 24.2. The van der Waals surface area contributed by atoms with Crippen LogP contribution in [0.5, 0.6) is 0 Å². The number of amides is 1. The Hall–Kier alpha value is -2.72. The van der Waals surface area contributed by atoms with Crippen LogP contribution >= 0.6 is 0 Å². The number of H-pyrrole nitrogens is 1. The number of aryl methyl sites for hydroxylation is 1. The fourth-order valence-electron chi connectivity index (χ4n) is 5.35. The Morgan fingerprint density at radius 1 is 1.03 bits per heavy atom. The van der Waals surface area contributed by atoms with Crippen LogP contribution in [-0.4, -0.2) is 94.8 Å². The molecule has 0 aliphatic carbocycles. The SMILES string of the molecule is Cc1cc(Nc2cc(N3CCN(C)CC3)nc(CC3CCN(C(=O)[C@H]4CCCCN4)CC3)n2)n[nH]1. The molecular weight excluding hydrogens is 442 g/mol. The van der Waals surface area contributed by atoms with Crippen molar-refractivity contribution in [2.24, 2.45) is 5.92 Å². The van der Waals surface area contributed by atoms with Gasteiger partial charge in [-0.05, 0) is 52.1 Å². The third-order valence-corrected chi connectivity index (χ3v) is 7.55. The van der Waals surface area contributed by atoms with Crippen LogP contribution in [0.25, 0.3) is 0 Å². The first-order chi connectivity index (χ1) is 17.0. The molecule has 5 rings (SSSR count). The summed E-state index contributed by atoms with van der Waals surface area (Å²) >= 11 is 0. The number of aromatic amines is 1. The predicted molar refractivity (Wildman–Crippen MR) is 137 cm³/mol. The van der Waals surface area contributed by atoms with Crippen molar-refractivity contribution in [1.29, 1.82) is 0 Å². The van der Waals surface area contributed by atoms with Gasteiger partial charge in [-0.1, -0.05) is 6.42 Å². The van der Waals surface area contributed by atoms with Crippen LogP contribution in [0, 0.1) is 12.8 Å². The maximum atomic E-state index is 12.9. The van der Waals surface area contributed by atoms with E-state index in [-0.39, 0.29) is 11.9 Å². The maximum Gasteiger partial charge on any atom is 0.239 e. The molecule has 0 radical (unpaired) electrons. The van der Waals surface area contributed by atoms with E-state index >= 15 is 0 Å². The summed E-state index contributed by atoms with van der Waals surface area (Å²) in [6, 6.07) is 4.03. The van der Waals surface area contributed by atoms with Gasteiger partial charge >= 0.3 is 0 Å². The van der Waals surface area contributed by atoms with E-state index in [1.165, 1.54) is 6.42 Å². The Morgan fingerprint density at radius 3 is 2.51 bits per heavy atom. The molecule has 1 atom stereocenters. The summed E-state index contributed by atoms with van der Waals surface area (Å²) in [6.07, 6.45) is 6.13. The molecule has 3 N–H and O–H groups in total. The number of rotatable bonds is 6. The number of hydrogen-bond donors (Lipinski definition) is 3. The minimum atomic E-state index is 0.0169. The first kappa shape index (κ1) is 24.0. The lowest BCUT2D eigenvalue weighted by Gasteiger charge is -2.35. The van der Waals surface area contributed by atoms with Crippen LogP contribution in [0.15, 0.2) is 12.1 Å². The van der Waals surface area contributed by atoms with Crippen molar-refractivity contribution in [3.63, 3.8) is 0 Å². The molecule has 10 nitrogen and oxygen atoms in total. The summed E-state index contributed by atoms with van der Waals surface area (Å²) in [5, 5.41) is 14.1. The van der Waals surface area contributed by atoms with Crippen molar-refractivity contribution in [3.8, 4) is 0 Å². The standard InChI is InChI=1S/C25H39N9O/c1-18-15-23(31-30-18)28-22-17-24(33-13-11-32(2)12-14-33)29-21(27-22)16-19-6-9-34(10-7-19)25(35)20-5-3-4-8-26-20/h15,17,19-20,26H,3-14,16H2,1-2H3,(H2,27,28,29,30,31)/t20-/m1/s1. The molecule has 2 aromatic rings. The minimum Gasteiger partial charge on any atom is -0.354 e. The molecule has 3 saturated heterocycles. The molecule has 0 spiro atoms.